The molecule has 0 radical (unpaired) electrons. The SMILES string of the molecule is CCC(N)CS(=O)Cc1ccn(C2CCCC2)n1. The summed E-state index contributed by atoms with van der Waals surface area (Å²) >= 11 is 0. The third-order valence-corrected chi connectivity index (χ3v) is 5.01. The fraction of sp³-hybridized carbons (Fsp3) is 0.769. The molecule has 1 aliphatic carbocycles. The van der Waals surface area contributed by atoms with Crippen molar-refractivity contribution in [1.82, 2.24) is 9.78 Å². The minimum Gasteiger partial charge on any atom is -0.327 e. The fourth-order valence-electron chi connectivity index (χ4n) is 2.41. The van der Waals surface area contributed by atoms with Crippen molar-refractivity contribution < 1.29 is 4.21 Å². The summed E-state index contributed by atoms with van der Waals surface area (Å²) in [6.07, 6.45) is 7.97. The Kier molecular flexibility index (Phi) is 4.95. The van der Waals surface area contributed by atoms with Crippen LogP contribution in [-0.4, -0.2) is 25.8 Å². The Balaban J connectivity index is 1.88. The molecule has 1 fully saturated rings. The van der Waals surface area contributed by atoms with Gasteiger partial charge in [0, 0.05) is 28.8 Å². The fourth-order valence-corrected chi connectivity index (χ4v) is 3.72. The lowest BCUT2D eigenvalue weighted by molar-refractivity contribution is 0.464. The molecule has 1 aromatic rings. The molecule has 102 valence electrons. The smallest absolute Gasteiger partial charge is 0.0749 e. The average molecular weight is 269 g/mol. The van der Waals surface area contributed by atoms with Crippen molar-refractivity contribution in [3.63, 3.8) is 0 Å². The van der Waals surface area contributed by atoms with E-state index in [4.69, 9.17) is 5.73 Å². The molecule has 18 heavy (non-hydrogen) atoms. The maximum atomic E-state index is 11.9. The largest absolute Gasteiger partial charge is 0.327 e. The zero-order valence-electron chi connectivity index (χ0n) is 11.0. The van der Waals surface area contributed by atoms with Gasteiger partial charge in [-0.25, -0.2) is 0 Å². The summed E-state index contributed by atoms with van der Waals surface area (Å²) in [5.41, 5.74) is 6.75. The van der Waals surface area contributed by atoms with Crippen LogP contribution in [0.3, 0.4) is 0 Å². The second-order valence-corrected chi connectivity index (χ2v) is 6.65. The highest BCUT2D eigenvalue weighted by atomic mass is 32.2. The van der Waals surface area contributed by atoms with E-state index in [1.807, 2.05) is 19.2 Å². The van der Waals surface area contributed by atoms with Crippen molar-refractivity contribution in [1.29, 1.82) is 0 Å². The first-order chi connectivity index (χ1) is 8.69. The first kappa shape index (κ1) is 13.7. The van der Waals surface area contributed by atoms with Gasteiger partial charge in [0.1, 0.15) is 0 Å². The zero-order valence-corrected chi connectivity index (χ0v) is 11.9. The molecule has 1 heterocycles. The molecule has 0 aromatic carbocycles. The summed E-state index contributed by atoms with van der Waals surface area (Å²) < 4.78 is 13.9. The Morgan fingerprint density at radius 2 is 2.28 bits per heavy atom. The third-order valence-electron chi connectivity index (χ3n) is 3.60. The van der Waals surface area contributed by atoms with Crippen LogP contribution in [0.5, 0.6) is 0 Å². The molecule has 0 amide bonds. The van der Waals surface area contributed by atoms with Crippen molar-refractivity contribution in [3.05, 3.63) is 18.0 Å². The predicted molar refractivity (Wildman–Crippen MR) is 74.7 cm³/mol. The molecular weight excluding hydrogens is 246 g/mol. The molecule has 0 aliphatic heterocycles. The Bertz CT molecular complexity index is 399. The van der Waals surface area contributed by atoms with Gasteiger partial charge in [-0.2, -0.15) is 5.10 Å². The predicted octanol–water partition coefficient (Wildman–Crippen LogP) is 1.98. The Hall–Kier alpha value is -0.680. The number of hydrogen-bond donors (Lipinski definition) is 1. The molecule has 0 bridgehead atoms. The minimum atomic E-state index is -0.890. The van der Waals surface area contributed by atoms with Crippen LogP contribution < -0.4 is 5.73 Å². The molecule has 1 aliphatic rings. The molecular formula is C13H23N3OS. The van der Waals surface area contributed by atoms with Gasteiger partial charge in [-0.05, 0) is 25.3 Å². The quantitative estimate of drug-likeness (QED) is 0.859. The van der Waals surface area contributed by atoms with Crippen LogP contribution in [0.15, 0.2) is 12.3 Å². The number of hydrogen-bond acceptors (Lipinski definition) is 3. The van der Waals surface area contributed by atoms with E-state index in [1.165, 1.54) is 25.7 Å². The summed E-state index contributed by atoms with van der Waals surface area (Å²) in [6.45, 7) is 2.02. The Morgan fingerprint density at radius 1 is 1.56 bits per heavy atom. The maximum Gasteiger partial charge on any atom is 0.0749 e. The lowest BCUT2D eigenvalue weighted by Crippen LogP contribution is -2.26. The lowest BCUT2D eigenvalue weighted by Gasteiger charge is -2.09. The standard InChI is InChI=1S/C13H23N3OS/c1-2-11(14)9-18(17)10-12-7-8-16(15-12)13-5-3-4-6-13/h7-8,11,13H,2-6,9-10,14H2,1H3. The van der Waals surface area contributed by atoms with Gasteiger partial charge >= 0.3 is 0 Å². The van der Waals surface area contributed by atoms with Crippen molar-refractivity contribution in [2.45, 2.75) is 56.9 Å². The Labute approximate surface area is 111 Å². The van der Waals surface area contributed by atoms with Crippen LogP contribution in [0, 0.1) is 0 Å². The first-order valence-electron chi connectivity index (χ1n) is 6.83. The van der Waals surface area contributed by atoms with Crippen LogP contribution in [0.4, 0.5) is 0 Å². The number of nitrogens with zero attached hydrogens (tertiary/aromatic N) is 2. The second-order valence-electron chi connectivity index (χ2n) is 5.14. The number of rotatable bonds is 6. The van der Waals surface area contributed by atoms with Crippen LogP contribution in [-0.2, 0) is 16.6 Å². The summed E-state index contributed by atoms with van der Waals surface area (Å²) in [4.78, 5) is 0. The summed E-state index contributed by atoms with van der Waals surface area (Å²) in [5, 5.41) is 4.55. The van der Waals surface area contributed by atoms with E-state index in [1.54, 1.807) is 0 Å². The third kappa shape index (κ3) is 3.65. The van der Waals surface area contributed by atoms with Gasteiger partial charge in [0.05, 0.1) is 17.5 Å². The number of aromatic nitrogens is 2. The van der Waals surface area contributed by atoms with E-state index in [0.29, 0.717) is 17.5 Å². The Morgan fingerprint density at radius 3 is 2.94 bits per heavy atom. The van der Waals surface area contributed by atoms with Gasteiger partial charge in [0.15, 0.2) is 0 Å². The van der Waals surface area contributed by atoms with Crippen LogP contribution in [0.1, 0.15) is 50.8 Å². The van der Waals surface area contributed by atoms with Crippen LogP contribution in [0.25, 0.3) is 0 Å². The van der Waals surface area contributed by atoms with Crippen molar-refractivity contribution in [3.8, 4) is 0 Å². The molecule has 1 saturated carbocycles. The molecule has 2 rings (SSSR count). The van der Waals surface area contributed by atoms with Crippen LogP contribution >= 0.6 is 0 Å². The molecule has 2 N–H and O–H groups in total. The molecule has 0 saturated heterocycles. The van der Waals surface area contributed by atoms with Gasteiger partial charge in [0.25, 0.3) is 0 Å². The zero-order chi connectivity index (χ0) is 13.0. The van der Waals surface area contributed by atoms with E-state index in [0.717, 1.165) is 12.1 Å². The molecule has 1 aromatic heterocycles. The van der Waals surface area contributed by atoms with Gasteiger partial charge < -0.3 is 5.73 Å². The second kappa shape index (κ2) is 6.48. The minimum absolute atomic E-state index is 0.0442. The summed E-state index contributed by atoms with van der Waals surface area (Å²) in [5.74, 6) is 1.11. The average Bonchev–Trinajstić information content (AvgIpc) is 2.98. The van der Waals surface area contributed by atoms with Crippen molar-refractivity contribution in [2.75, 3.05) is 5.75 Å². The van der Waals surface area contributed by atoms with Gasteiger partial charge in [0.2, 0.25) is 0 Å². The van der Waals surface area contributed by atoms with E-state index < -0.39 is 10.8 Å². The highest BCUT2D eigenvalue weighted by Gasteiger charge is 2.18. The molecule has 0 spiro atoms. The molecule has 2 atom stereocenters. The van der Waals surface area contributed by atoms with E-state index >= 15 is 0 Å². The highest BCUT2D eigenvalue weighted by Crippen LogP contribution is 2.28. The van der Waals surface area contributed by atoms with Gasteiger partial charge in [-0.3, -0.25) is 8.89 Å². The van der Waals surface area contributed by atoms with Crippen molar-refractivity contribution >= 4 is 10.8 Å². The molecule has 5 heteroatoms. The normalized spacial score (nSPS) is 20.1. The monoisotopic (exact) mass is 269 g/mol. The van der Waals surface area contributed by atoms with Crippen LogP contribution in [0.2, 0.25) is 0 Å². The van der Waals surface area contributed by atoms with Gasteiger partial charge in [-0.15, -0.1) is 0 Å². The lowest BCUT2D eigenvalue weighted by atomic mass is 10.3. The van der Waals surface area contributed by atoms with Gasteiger partial charge in [-0.1, -0.05) is 19.8 Å². The molecule has 4 nitrogen and oxygen atoms in total. The van der Waals surface area contributed by atoms with E-state index in [2.05, 4.69) is 9.78 Å². The van der Waals surface area contributed by atoms with E-state index in [9.17, 15) is 4.21 Å². The summed E-state index contributed by atoms with van der Waals surface area (Å²) in [7, 11) is -0.890. The molecule has 2 unspecified atom stereocenters. The van der Waals surface area contributed by atoms with E-state index in [-0.39, 0.29) is 6.04 Å². The van der Waals surface area contributed by atoms with Crippen molar-refractivity contribution in [2.24, 2.45) is 5.73 Å². The number of nitrogens with two attached hydrogens (primary N) is 1. The highest BCUT2D eigenvalue weighted by molar-refractivity contribution is 7.84. The first-order valence-corrected chi connectivity index (χ1v) is 8.32. The topological polar surface area (TPSA) is 60.9 Å². The maximum absolute atomic E-state index is 11.9. The summed E-state index contributed by atoms with van der Waals surface area (Å²) in [6, 6.07) is 2.60.